The molecule has 0 unspecified atom stereocenters. The number of hydrogen-bond donors (Lipinski definition) is 1. The van der Waals surface area contributed by atoms with Crippen LogP contribution in [-0.2, 0) is 0 Å². The van der Waals surface area contributed by atoms with Gasteiger partial charge in [-0.05, 0) is 48.9 Å². The van der Waals surface area contributed by atoms with E-state index in [4.69, 9.17) is 27.3 Å². The molecular weight excluding hydrogens is 248 g/mol. The number of aryl methyl sites for hydroxylation is 1. The Kier molecular flexibility index (Phi) is 3.40. The van der Waals surface area contributed by atoms with E-state index in [-0.39, 0.29) is 0 Å². The SMILES string of the molecule is Cc1cc(C#N)ccc1Oc1ccc(N)cc1Cl. The van der Waals surface area contributed by atoms with Crippen LogP contribution < -0.4 is 10.5 Å². The number of rotatable bonds is 2. The monoisotopic (exact) mass is 258 g/mol. The van der Waals surface area contributed by atoms with E-state index in [1.165, 1.54) is 0 Å². The van der Waals surface area contributed by atoms with Crippen molar-refractivity contribution in [3.05, 3.63) is 52.5 Å². The topological polar surface area (TPSA) is 59.0 Å². The molecule has 0 spiro atoms. The summed E-state index contributed by atoms with van der Waals surface area (Å²) in [5.41, 5.74) is 7.68. The van der Waals surface area contributed by atoms with Gasteiger partial charge in [-0.3, -0.25) is 0 Å². The number of hydrogen-bond acceptors (Lipinski definition) is 3. The molecule has 0 fully saturated rings. The summed E-state index contributed by atoms with van der Waals surface area (Å²) < 4.78 is 5.70. The van der Waals surface area contributed by atoms with Crippen LogP contribution in [0.1, 0.15) is 11.1 Å². The maximum atomic E-state index is 8.79. The first-order valence-electron chi connectivity index (χ1n) is 5.34. The van der Waals surface area contributed by atoms with Gasteiger partial charge >= 0.3 is 0 Å². The van der Waals surface area contributed by atoms with Gasteiger partial charge < -0.3 is 10.5 Å². The highest BCUT2D eigenvalue weighted by atomic mass is 35.5. The fraction of sp³-hybridized carbons (Fsp3) is 0.0714. The van der Waals surface area contributed by atoms with Crippen molar-refractivity contribution < 1.29 is 4.74 Å². The predicted octanol–water partition coefficient (Wildman–Crippen LogP) is 3.89. The molecule has 2 rings (SSSR count). The van der Waals surface area contributed by atoms with Crippen LogP contribution >= 0.6 is 11.6 Å². The molecule has 0 heterocycles. The second-order valence-electron chi connectivity index (χ2n) is 3.88. The number of nitrogen functional groups attached to an aromatic ring is 1. The summed E-state index contributed by atoms with van der Waals surface area (Å²) in [6.07, 6.45) is 0. The van der Waals surface area contributed by atoms with Gasteiger partial charge in [-0.15, -0.1) is 0 Å². The molecule has 18 heavy (non-hydrogen) atoms. The lowest BCUT2D eigenvalue weighted by atomic mass is 10.1. The van der Waals surface area contributed by atoms with Gasteiger partial charge in [0.25, 0.3) is 0 Å². The van der Waals surface area contributed by atoms with Crippen LogP contribution in [0.5, 0.6) is 11.5 Å². The van der Waals surface area contributed by atoms with Crippen LogP contribution in [0, 0.1) is 18.3 Å². The van der Waals surface area contributed by atoms with Crippen LogP contribution in [0.2, 0.25) is 5.02 Å². The van der Waals surface area contributed by atoms with Gasteiger partial charge in [-0.25, -0.2) is 0 Å². The molecule has 0 aliphatic heterocycles. The first kappa shape index (κ1) is 12.3. The number of nitrogens with two attached hydrogens (primary N) is 1. The zero-order chi connectivity index (χ0) is 13.1. The van der Waals surface area contributed by atoms with E-state index >= 15 is 0 Å². The number of nitriles is 1. The Balaban J connectivity index is 2.32. The highest BCUT2D eigenvalue weighted by Gasteiger charge is 2.06. The molecule has 0 saturated carbocycles. The van der Waals surface area contributed by atoms with Gasteiger partial charge in [0, 0.05) is 5.69 Å². The number of halogens is 1. The van der Waals surface area contributed by atoms with Gasteiger partial charge in [-0.2, -0.15) is 5.26 Å². The summed E-state index contributed by atoms with van der Waals surface area (Å²) in [5.74, 6) is 1.21. The number of nitrogens with zero attached hydrogens (tertiary/aromatic N) is 1. The Morgan fingerprint density at radius 1 is 1.17 bits per heavy atom. The molecule has 3 nitrogen and oxygen atoms in total. The van der Waals surface area contributed by atoms with E-state index in [0.717, 1.165) is 5.56 Å². The predicted molar refractivity (Wildman–Crippen MR) is 71.8 cm³/mol. The summed E-state index contributed by atoms with van der Waals surface area (Å²) in [5, 5.41) is 9.25. The highest BCUT2D eigenvalue weighted by molar-refractivity contribution is 6.32. The second-order valence-corrected chi connectivity index (χ2v) is 4.29. The highest BCUT2D eigenvalue weighted by Crippen LogP contribution is 2.32. The Hall–Kier alpha value is -2.18. The van der Waals surface area contributed by atoms with Crippen LogP contribution in [0.3, 0.4) is 0 Å². The first-order valence-corrected chi connectivity index (χ1v) is 5.71. The fourth-order valence-corrected chi connectivity index (χ4v) is 1.78. The summed E-state index contributed by atoms with van der Waals surface area (Å²) in [7, 11) is 0. The molecule has 4 heteroatoms. The van der Waals surface area contributed by atoms with Gasteiger partial charge in [0.1, 0.15) is 11.5 Å². The van der Waals surface area contributed by atoms with E-state index in [2.05, 4.69) is 6.07 Å². The normalized spacial score (nSPS) is 9.83. The van der Waals surface area contributed by atoms with Crippen molar-refractivity contribution in [1.82, 2.24) is 0 Å². The average Bonchev–Trinajstić information content (AvgIpc) is 2.34. The fourth-order valence-electron chi connectivity index (χ4n) is 1.55. The minimum absolute atomic E-state index is 0.457. The zero-order valence-corrected chi connectivity index (χ0v) is 10.5. The minimum atomic E-state index is 0.457. The largest absolute Gasteiger partial charge is 0.456 e. The molecule has 0 saturated heterocycles. The molecule has 0 atom stereocenters. The minimum Gasteiger partial charge on any atom is -0.456 e. The van der Waals surface area contributed by atoms with E-state index in [1.54, 1.807) is 36.4 Å². The molecule has 90 valence electrons. The summed E-state index contributed by atoms with van der Waals surface area (Å²) in [4.78, 5) is 0. The number of benzene rings is 2. The van der Waals surface area contributed by atoms with Crippen LogP contribution in [0.25, 0.3) is 0 Å². The maximum absolute atomic E-state index is 8.79. The van der Waals surface area contributed by atoms with Crippen molar-refractivity contribution in [3.63, 3.8) is 0 Å². The third-order valence-electron chi connectivity index (χ3n) is 2.48. The summed E-state index contributed by atoms with van der Waals surface area (Å²) in [6, 6.07) is 12.4. The number of ether oxygens (including phenoxy) is 1. The first-order chi connectivity index (χ1) is 8.60. The Morgan fingerprint density at radius 3 is 2.50 bits per heavy atom. The van der Waals surface area contributed by atoms with Gasteiger partial charge in [-0.1, -0.05) is 11.6 Å². The van der Waals surface area contributed by atoms with Crippen molar-refractivity contribution in [2.75, 3.05) is 5.73 Å². The van der Waals surface area contributed by atoms with Crippen LogP contribution in [0.15, 0.2) is 36.4 Å². The molecule has 0 aliphatic rings. The van der Waals surface area contributed by atoms with E-state index in [0.29, 0.717) is 27.8 Å². The van der Waals surface area contributed by atoms with Crippen molar-refractivity contribution in [3.8, 4) is 17.6 Å². The molecular formula is C14H11ClN2O. The average molecular weight is 259 g/mol. The van der Waals surface area contributed by atoms with Crippen molar-refractivity contribution in [1.29, 1.82) is 5.26 Å². The summed E-state index contributed by atoms with van der Waals surface area (Å²) >= 11 is 6.03. The number of anilines is 1. The van der Waals surface area contributed by atoms with E-state index < -0.39 is 0 Å². The Labute approximate surface area is 110 Å². The smallest absolute Gasteiger partial charge is 0.146 e. The zero-order valence-electron chi connectivity index (χ0n) is 9.77. The van der Waals surface area contributed by atoms with Gasteiger partial charge in [0.05, 0.1) is 16.7 Å². The third-order valence-corrected chi connectivity index (χ3v) is 2.78. The molecule has 2 aromatic carbocycles. The van der Waals surface area contributed by atoms with Crippen LogP contribution in [-0.4, -0.2) is 0 Å². The van der Waals surface area contributed by atoms with Crippen molar-refractivity contribution >= 4 is 17.3 Å². The van der Waals surface area contributed by atoms with Gasteiger partial charge in [0.2, 0.25) is 0 Å². The lowest BCUT2D eigenvalue weighted by Crippen LogP contribution is -1.91. The molecule has 2 N–H and O–H groups in total. The Morgan fingerprint density at radius 2 is 1.89 bits per heavy atom. The quantitative estimate of drug-likeness (QED) is 0.831. The lowest BCUT2D eigenvalue weighted by Gasteiger charge is -2.10. The maximum Gasteiger partial charge on any atom is 0.146 e. The van der Waals surface area contributed by atoms with E-state index in [9.17, 15) is 0 Å². The molecule has 0 amide bonds. The molecule has 0 aliphatic carbocycles. The van der Waals surface area contributed by atoms with E-state index in [1.807, 2.05) is 6.92 Å². The lowest BCUT2D eigenvalue weighted by molar-refractivity contribution is 0.479. The molecule has 0 aromatic heterocycles. The summed E-state index contributed by atoms with van der Waals surface area (Å²) in [6.45, 7) is 1.88. The van der Waals surface area contributed by atoms with Crippen molar-refractivity contribution in [2.45, 2.75) is 6.92 Å². The van der Waals surface area contributed by atoms with Crippen LogP contribution in [0.4, 0.5) is 5.69 Å². The molecule has 0 radical (unpaired) electrons. The third kappa shape index (κ3) is 2.55. The van der Waals surface area contributed by atoms with Gasteiger partial charge in [0.15, 0.2) is 0 Å². The second kappa shape index (κ2) is 4.99. The standard InChI is InChI=1S/C14H11ClN2O/c1-9-6-10(8-16)2-4-13(9)18-14-5-3-11(17)7-12(14)15/h2-7H,17H2,1H3. The molecule has 0 bridgehead atoms. The van der Waals surface area contributed by atoms with Crippen molar-refractivity contribution in [2.24, 2.45) is 0 Å². The molecule has 2 aromatic rings. The Bertz CT molecular complexity index is 632.